The van der Waals surface area contributed by atoms with Gasteiger partial charge in [-0.3, -0.25) is 24.4 Å². The highest BCUT2D eigenvalue weighted by atomic mass is 16.2. The van der Waals surface area contributed by atoms with Crippen LogP contribution in [0.5, 0.6) is 0 Å². The van der Waals surface area contributed by atoms with Gasteiger partial charge in [0.25, 0.3) is 0 Å². The number of aliphatic imine (C=N–C) groups is 1. The average molecular weight is 419 g/mol. The number of carbonyl (C=O) groups excluding carboxylic acids is 1. The molecule has 5 rings (SSSR count). The van der Waals surface area contributed by atoms with Crippen LogP contribution in [-0.4, -0.2) is 68.9 Å². The largest absolute Gasteiger partial charge is 0.338 e. The zero-order valence-corrected chi connectivity index (χ0v) is 18.2. The van der Waals surface area contributed by atoms with E-state index in [9.17, 15) is 4.79 Å². The molecule has 0 aliphatic carbocycles. The van der Waals surface area contributed by atoms with Crippen LogP contribution in [0.2, 0.25) is 0 Å². The highest BCUT2D eigenvalue weighted by molar-refractivity contribution is 6.15. The fourth-order valence-electron chi connectivity index (χ4n) is 5.09. The van der Waals surface area contributed by atoms with E-state index in [4.69, 9.17) is 4.99 Å². The van der Waals surface area contributed by atoms with E-state index in [1.807, 2.05) is 42.5 Å². The Bertz CT molecular complexity index is 1010. The molecule has 3 aliphatic rings. The van der Waals surface area contributed by atoms with Gasteiger partial charge < -0.3 is 4.90 Å². The van der Waals surface area contributed by atoms with Gasteiger partial charge in [-0.25, -0.2) is 0 Å². The molecule has 0 unspecified atom stereocenters. The van der Waals surface area contributed by atoms with Crippen LogP contribution in [0.4, 0.5) is 0 Å². The fourth-order valence-corrected chi connectivity index (χ4v) is 5.09. The Balaban J connectivity index is 1.19. The molecule has 1 amide bonds. The van der Waals surface area contributed by atoms with Crippen molar-refractivity contribution in [2.24, 2.45) is 18.0 Å². The number of carbonyl (C=O) groups is 1. The quantitative estimate of drug-likeness (QED) is 0.748. The Labute approximate surface area is 183 Å². The summed E-state index contributed by atoms with van der Waals surface area (Å²) < 4.78 is 1.85. The smallest absolute Gasteiger partial charge is 0.223 e. The number of hydrogen-bond acceptors (Lipinski definition) is 5. The lowest BCUT2D eigenvalue weighted by atomic mass is 9.92. The molecule has 1 saturated heterocycles. The maximum absolute atomic E-state index is 13.2. The topological polar surface area (TPSA) is 66.6 Å². The van der Waals surface area contributed by atoms with E-state index in [0.717, 1.165) is 69.0 Å². The number of likely N-dealkylation sites (tertiary alicyclic amines) is 1. The second-order valence-electron chi connectivity index (χ2n) is 8.98. The summed E-state index contributed by atoms with van der Waals surface area (Å²) in [5.41, 5.74) is 5.91. The van der Waals surface area contributed by atoms with Crippen molar-refractivity contribution < 1.29 is 4.79 Å². The molecular formula is C24H30N6O. The molecule has 0 N–H and O–H groups in total. The zero-order valence-electron chi connectivity index (χ0n) is 18.2. The molecule has 2 aromatic heterocycles. The standard InChI is InChI=1S/C24H30N6O/c1-28-11-7-21(27-28)16-29-10-2-3-18(15-29)13-23(31)30-12-6-20-14-26-24(22(20)17-30)19-4-8-25-9-5-19/h4-5,7-9,11,18H,2-3,6,10,12-17H2,1H3/t18-/m0/s1. The second-order valence-corrected chi connectivity index (χ2v) is 8.98. The molecule has 31 heavy (non-hydrogen) atoms. The van der Waals surface area contributed by atoms with Crippen molar-refractivity contribution in [2.75, 3.05) is 32.7 Å². The molecule has 0 spiro atoms. The van der Waals surface area contributed by atoms with E-state index in [-0.39, 0.29) is 5.91 Å². The number of amides is 1. The van der Waals surface area contributed by atoms with E-state index in [1.54, 1.807) is 0 Å². The first-order valence-corrected chi connectivity index (χ1v) is 11.3. The summed E-state index contributed by atoms with van der Waals surface area (Å²) in [6, 6.07) is 6.10. The van der Waals surface area contributed by atoms with Crippen molar-refractivity contribution in [3.63, 3.8) is 0 Å². The van der Waals surface area contributed by atoms with Gasteiger partial charge in [0.2, 0.25) is 5.91 Å². The number of piperidine rings is 1. The molecule has 2 aromatic rings. The monoisotopic (exact) mass is 418 g/mol. The third kappa shape index (κ3) is 4.46. The first-order chi connectivity index (χ1) is 15.2. The van der Waals surface area contributed by atoms with Crippen molar-refractivity contribution in [1.29, 1.82) is 0 Å². The van der Waals surface area contributed by atoms with Crippen molar-refractivity contribution in [3.8, 4) is 0 Å². The summed E-state index contributed by atoms with van der Waals surface area (Å²) in [5, 5.41) is 4.51. The normalized spacial score (nSPS) is 21.9. The number of aryl methyl sites for hydroxylation is 1. The van der Waals surface area contributed by atoms with Crippen LogP contribution in [0.15, 0.2) is 52.9 Å². The molecular weight excluding hydrogens is 388 g/mol. The molecule has 162 valence electrons. The highest BCUT2D eigenvalue weighted by Crippen LogP contribution is 2.29. The van der Waals surface area contributed by atoms with Crippen molar-refractivity contribution >= 4 is 11.6 Å². The molecule has 0 saturated carbocycles. The highest BCUT2D eigenvalue weighted by Gasteiger charge is 2.31. The van der Waals surface area contributed by atoms with Crippen LogP contribution >= 0.6 is 0 Å². The number of hydrogen-bond donors (Lipinski definition) is 0. The summed E-state index contributed by atoms with van der Waals surface area (Å²) in [7, 11) is 1.95. The lowest BCUT2D eigenvalue weighted by Crippen LogP contribution is -2.41. The first-order valence-electron chi connectivity index (χ1n) is 11.3. The van der Waals surface area contributed by atoms with Gasteiger partial charge in [-0.15, -0.1) is 0 Å². The number of aromatic nitrogens is 3. The van der Waals surface area contributed by atoms with Crippen LogP contribution in [0, 0.1) is 5.92 Å². The summed E-state index contributed by atoms with van der Waals surface area (Å²) >= 11 is 0. The van der Waals surface area contributed by atoms with Crippen LogP contribution in [0.3, 0.4) is 0 Å². The maximum atomic E-state index is 13.2. The molecule has 1 fully saturated rings. The van der Waals surface area contributed by atoms with Gasteiger partial charge in [0.15, 0.2) is 0 Å². The molecule has 7 heteroatoms. The summed E-state index contributed by atoms with van der Waals surface area (Å²) in [5.74, 6) is 0.717. The molecule has 3 aliphatic heterocycles. The number of nitrogens with zero attached hydrogens (tertiary/aromatic N) is 6. The van der Waals surface area contributed by atoms with Crippen LogP contribution < -0.4 is 0 Å². The molecule has 5 heterocycles. The molecule has 0 bridgehead atoms. The Morgan fingerprint density at radius 3 is 2.87 bits per heavy atom. The van der Waals surface area contributed by atoms with E-state index in [2.05, 4.69) is 25.9 Å². The molecule has 0 aromatic carbocycles. The number of rotatable bonds is 5. The van der Waals surface area contributed by atoms with E-state index >= 15 is 0 Å². The van der Waals surface area contributed by atoms with Crippen molar-refractivity contribution in [2.45, 2.75) is 32.2 Å². The van der Waals surface area contributed by atoms with Gasteiger partial charge in [0.05, 0.1) is 18.0 Å². The minimum Gasteiger partial charge on any atom is -0.338 e. The summed E-state index contributed by atoms with van der Waals surface area (Å²) in [4.78, 5) is 26.6. The third-order valence-corrected chi connectivity index (χ3v) is 6.70. The van der Waals surface area contributed by atoms with Crippen molar-refractivity contribution in [3.05, 3.63) is 59.2 Å². The Morgan fingerprint density at radius 2 is 2.06 bits per heavy atom. The Hall–Kier alpha value is -2.80. The van der Waals surface area contributed by atoms with E-state index in [0.29, 0.717) is 18.9 Å². The predicted molar refractivity (Wildman–Crippen MR) is 120 cm³/mol. The van der Waals surface area contributed by atoms with Crippen LogP contribution in [0.25, 0.3) is 0 Å². The predicted octanol–water partition coefficient (Wildman–Crippen LogP) is 2.45. The van der Waals surface area contributed by atoms with E-state index < -0.39 is 0 Å². The lowest BCUT2D eigenvalue weighted by Gasteiger charge is -2.34. The minimum atomic E-state index is 0.289. The average Bonchev–Trinajstić information content (AvgIpc) is 3.40. The summed E-state index contributed by atoms with van der Waals surface area (Å²) in [6.45, 7) is 5.24. The van der Waals surface area contributed by atoms with Crippen molar-refractivity contribution in [1.82, 2.24) is 24.6 Å². The van der Waals surface area contributed by atoms with Gasteiger partial charge in [-0.1, -0.05) is 0 Å². The van der Waals surface area contributed by atoms with Gasteiger partial charge in [-0.2, -0.15) is 5.10 Å². The van der Waals surface area contributed by atoms with Gasteiger partial charge in [-0.05, 0) is 61.1 Å². The molecule has 1 atom stereocenters. The summed E-state index contributed by atoms with van der Waals surface area (Å²) in [6.07, 6.45) is 9.48. The fraction of sp³-hybridized carbons (Fsp3) is 0.500. The molecule has 7 nitrogen and oxygen atoms in total. The second kappa shape index (κ2) is 8.75. The van der Waals surface area contributed by atoms with Crippen LogP contribution in [-0.2, 0) is 18.4 Å². The van der Waals surface area contributed by atoms with Crippen LogP contribution in [0.1, 0.15) is 36.9 Å². The number of pyridine rings is 1. The molecule has 0 radical (unpaired) electrons. The Morgan fingerprint density at radius 1 is 1.19 bits per heavy atom. The minimum absolute atomic E-state index is 0.289. The zero-order chi connectivity index (χ0) is 21.2. The first kappa shape index (κ1) is 20.1. The maximum Gasteiger partial charge on any atom is 0.223 e. The van der Waals surface area contributed by atoms with Gasteiger partial charge in [0, 0.05) is 63.8 Å². The third-order valence-electron chi connectivity index (χ3n) is 6.70. The SMILES string of the molecule is Cn1ccc(CN2CCC[C@@H](CC(=O)N3CCC4=C(C3)C(c3ccncc3)=NC4)C2)n1. The van der Waals surface area contributed by atoms with Gasteiger partial charge in [0.1, 0.15) is 0 Å². The lowest BCUT2D eigenvalue weighted by molar-refractivity contribution is -0.132. The van der Waals surface area contributed by atoms with Gasteiger partial charge >= 0.3 is 0 Å². The van der Waals surface area contributed by atoms with E-state index in [1.165, 1.54) is 11.1 Å². The Kier molecular flexibility index (Phi) is 5.68.